The zero-order valence-electron chi connectivity index (χ0n) is 14.4. The number of amides is 1. The van der Waals surface area contributed by atoms with Crippen molar-refractivity contribution in [2.24, 2.45) is 7.05 Å². The van der Waals surface area contributed by atoms with E-state index in [1.165, 1.54) is 0 Å². The second-order valence-electron chi connectivity index (χ2n) is 5.96. The summed E-state index contributed by atoms with van der Waals surface area (Å²) >= 11 is 0. The van der Waals surface area contributed by atoms with E-state index < -0.39 is 0 Å². The molecule has 0 aliphatic carbocycles. The highest BCUT2D eigenvalue weighted by Gasteiger charge is 2.21. The average Bonchev–Trinajstić information content (AvgIpc) is 3.13. The van der Waals surface area contributed by atoms with Crippen LogP contribution in [0.5, 0.6) is 0 Å². The Bertz CT molecular complexity index is 863. The molecule has 2 aromatic heterocycles. The number of carbonyl (C=O) groups excluding carboxylic acids is 1. The number of aryl methyl sites for hydroxylation is 2. The van der Waals surface area contributed by atoms with Crippen molar-refractivity contribution in [3.05, 3.63) is 65.2 Å². The maximum absolute atomic E-state index is 12.7. The largest absolute Gasteiger partial charge is 0.337 e. The van der Waals surface area contributed by atoms with Crippen molar-refractivity contribution in [3.8, 4) is 5.69 Å². The molecule has 1 aromatic carbocycles. The van der Waals surface area contributed by atoms with Crippen LogP contribution < -0.4 is 0 Å². The topological polar surface area (TPSA) is 56.0 Å². The van der Waals surface area contributed by atoms with E-state index in [0.29, 0.717) is 12.1 Å². The van der Waals surface area contributed by atoms with Gasteiger partial charge in [0, 0.05) is 38.1 Å². The van der Waals surface area contributed by atoms with Gasteiger partial charge in [0.2, 0.25) is 0 Å². The van der Waals surface area contributed by atoms with Crippen molar-refractivity contribution in [2.75, 3.05) is 7.05 Å². The molecule has 24 heavy (non-hydrogen) atoms. The monoisotopic (exact) mass is 323 g/mol. The van der Waals surface area contributed by atoms with E-state index in [9.17, 15) is 4.79 Å². The molecule has 0 N–H and O–H groups in total. The minimum Gasteiger partial charge on any atom is -0.337 e. The predicted molar refractivity (Wildman–Crippen MR) is 92.0 cm³/mol. The molecule has 0 saturated carbocycles. The van der Waals surface area contributed by atoms with Crippen LogP contribution in [0.1, 0.15) is 27.3 Å². The number of benzene rings is 1. The SMILES string of the molecule is Cc1nn(C)c(C)c1C(=O)N(C)Cc1cnn(-c2ccccc2)c1. The lowest BCUT2D eigenvalue weighted by Gasteiger charge is -2.16. The van der Waals surface area contributed by atoms with Crippen LogP contribution >= 0.6 is 0 Å². The van der Waals surface area contributed by atoms with Crippen molar-refractivity contribution < 1.29 is 4.79 Å². The molecule has 0 aliphatic heterocycles. The number of para-hydroxylation sites is 1. The molecule has 0 radical (unpaired) electrons. The van der Waals surface area contributed by atoms with E-state index in [1.54, 1.807) is 22.8 Å². The third kappa shape index (κ3) is 2.95. The second kappa shape index (κ2) is 6.31. The summed E-state index contributed by atoms with van der Waals surface area (Å²) in [6, 6.07) is 9.90. The Morgan fingerprint density at radius 2 is 1.92 bits per heavy atom. The van der Waals surface area contributed by atoms with Gasteiger partial charge in [0.25, 0.3) is 5.91 Å². The molecule has 0 spiro atoms. The Balaban J connectivity index is 1.77. The van der Waals surface area contributed by atoms with Gasteiger partial charge in [-0.25, -0.2) is 4.68 Å². The van der Waals surface area contributed by atoms with Crippen LogP contribution in [0.4, 0.5) is 0 Å². The first-order valence-corrected chi connectivity index (χ1v) is 7.82. The fourth-order valence-corrected chi connectivity index (χ4v) is 2.78. The van der Waals surface area contributed by atoms with E-state index in [1.807, 2.05) is 62.1 Å². The van der Waals surface area contributed by atoms with Crippen molar-refractivity contribution in [1.29, 1.82) is 0 Å². The minimum atomic E-state index is -0.0226. The van der Waals surface area contributed by atoms with Crippen molar-refractivity contribution in [2.45, 2.75) is 20.4 Å². The van der Waals surface area contributed by atoms with Crippen LogP contribution in [-0.4, -0.2) is 37.4 Å². The highest BCUT2D eigenvalue weighted by Crippen LogP contribution is 2.16. The first-order valence-electron chi connectivity index (χ1n) is 7.82. The van der Waals surface area contributed by atoms with Crippen LogP contribution in [0.15, 0.2) is 42.7 Å². The standard InChI is InChI=1S/C18H21N5O/c1-13-17(14(2)22(4)20-13)18(24)21(3)11-15-10-19-23(12-15)16-8-6-5-7-9-16/h5-10,12H,11H2,1-4H3. The van der Waals surface area contributed by atoms with Gasteiger partial charge in [-0.3, -0.25) is 9.48 Å². The number of hydrogen-bond donors (Lipinski definition) is 0. The summed E-state index contributed by atoms with van der Waals surface area (Å²) in [4.78, 5) is 14.4. The number of rotatable bonds is 4. The number of carbonyl (C=O) groups is 1. The normalized spacial score (nSPS) is 10.8. The lowest BCUT2D eigenvalue weighted by Crippen LogP contribution is -2.27. The zero-order chi connectivity index (χ0) is 17.3. The number of nitrogens with zero attached hydrogens (tertiary/aromatic N) is 5. The summed E-state index contributed by atoms with van der Waals surface area (Å²) in [5.74, 6) is -0.0226. The van der Waals surface area contributed by atoms with E-state index in [-0.39, 0.29) is 5.91 Å². The van der Waals surface area contributed by atoms with Crippen molar-refractivity contribution in [3.63, 3.8) is 0 Å². The summed E-state index contributed by atoms with van der Waals surface area (Å²) < 4.78 is 3.55. The van der Waals surface area contributed by atoms with Crippen LogP contribution in [-0.2, 0) is 13.6 Å². The van der Waals surface area contributed by atoms with Crippen LogP contribution in [0.3, 0.4) is 0 Å². The summed E-state index contributed by atoms with van der Waals surface area (Å²) in [7, 11) is 3.65. The highest BCUT2D eigenvalue weighted by molar-refractivity contribution is 5.96. The molecule has 0 bridgehead atoms. The molecule has 3 rings (SSSR count). The molecule has 6 nitrogen and oxygen atoms in total. The smallest absolute Gasteiger partial charge is 0.257 e. The van der Waals surface area contributed by atoms with Gasteiger partial charge in [-0.1, -0.05) is 18.2 Å². The number of hydrogen-bond acceptors (Lipinski definition) is 3. The quantitative estimate of drug-likeness (QED) is 0.741. The lowest BCUT2D eigenvalue weighted by molar-refractivity contribution is 0.0783. The minimum absolute atomic E-state index is 0.0226. The molecular formula is C18H21N5O. The molecule has 0 saturated heterocycles. The Labute approximate surface area is 141 Å². The van der Waals surface area contributed by atoms with Gasteiger partial charge < -0.3 is 4.90 Å². The van der Waals surface area contributed by atoms with E-state index in [2.05, 4.69) is 10.2 Å². The number of aromatic nitrogens is 4. The van der Waals surface area contributed by atoms with Crippen LogP contribution in [0, 0.1) is 13.8 Å². The molecule has 0 unspecified atom stereocenters. The molecule has 6 heteroatoms. The first-order chi connectivity index (χ1) is 11.5. The van der Waals surface area contributed by atoms with Crippen molar-refractivity contribution >= 4 is 5.91 Å². The van der Waals surface area contributed by atoms with Crippen molar-refractivity contribution in [1.82, 2.24) is 24.5 Å². The molecule has 2 heterocycles. The summed E-state index contributed by atoms with van der Waals surface area (Å²) in [5, 5.41) is 8.69. The van der Waals surface area contributed by atoms with Gasteiger partial charge in [-0.15, -0.1) is 0 Å². The molecule has 3 aromatic rings. The average molecular weight is 323 g/mol. The summed E-state index contributed by atoms with van der Waals surface area (Å²) in [6.45, 7) is 4.27. The van der Waals surface area contributed by atoms with Gasteiger partial charge in [-0.05, 0) is 26.0 Å². The van der Waals surface area contributed by atoms with E-state index in [4.69, 9.17) is 0 Å². The summed E-state index contributed by atoms with van der Waals surface area (Å²) in [5.41, 5.74) is 4.29. The Kier molecular flexibility index (Phi) is 4.20. The molecule has 0 fully saturated rings. The Morgan fingerprint density at radius 1 is 1.21 bits per heavy atom. The lowest BCUT2D eigenvalue weighted by atomic mass is 10.1. The van der Waals surface area contributed by atoms with Gasteiger partial charge in [-0.2, -0.15) is 10.2 Å². The Morgan fingerprint density at radius 3 is 2.54 bits per heavy atom. The van der Waals surface area contributed by atoms with Gasteiger partial charge in [0.15, 0.2) is 0 Å². The highest BCUT2D eigenvalue weighted by atomic mass is 16.2. The molecule has 124 valence electrons. The zero-order valence-corrected chi connectivity index (χ0v) is 14.4. The van der Waals surface area contributed by atoms with Gasteiger partial charge in [0.1, 0.15) is 0 Å². The van der Waals surface area contributed by atoms with Gasteiger partial charge >= 0.3 is 0 Å². The van der Waals surface area contributed by atoms with E-state index in [0.717, 1.165) is 22.6 Å². The maximum atomic E-state index is 12.7. The molecule has 0 aliphatic rings. The van der Waals surface area contributed by atoms with Crippen LogP contribution in [0.25, 0.3) is 5.69 Å². The molecular weight excluding hydrogens is 302 g/mol. The van der Waals surface area contributed by atoms with Gasteiger partial charge in [0.05, 0.1) is 23.1 Å². The molecule has 1 amide bonds. The van der Waals surface area contributed by atoms with E-state index >= 15 is 0 Å². The third-order valence-corrected chi connectivity index (χ3v) is 4.15. The molecule has 0 atom stereocenters. The fraction of sp³-hybridized carbons (Fsp3) is 0.278. The summed E-state index contributed by atoms with van der Waals surface area (Å²) in [6.07, 6.45) is 3.74. The fourth-order valence-electron chi connectivity index (χ4n) is 2.78. The third-order valence-electron chi connectivity index (χ3n) is 4.15. The second-order valence-corrected chi connectivity index (χ2v) is 5.96. The Hall–Kier alpha value is -2.89. The predicted octanol–water partition coefficient (Wildman–Crippen LogP) is 2.49. The van der Waals surface area contributed by atoms with Crippen LogP contribution in [0.2, 0.25) is 0 Å². The first kappa shape index (κ1) is 16.0. The maximum Gasteiger partial charge on any atom is 0.257 e.